The van der Waals surface area contributed by atoms with Crippen LogP contribution in [-0.4, -0.2) is 42.3 Å². The Morgan fingerprint density at radius 1 is 1.31 bits per heavy atom. The molecular weight excluding hydrogens is 210 g/mol. The maximum Gasteiger partial charge on any atom is 0.328 e. The van der Waals surface area contributed by atoms with Crippen molar-refractivity contribution in [3.8, 4) is 0 Å². The molecule has 0 aromatic carbocycles. The Labute approximate surface area is 94.7 Å². The van der Waals surface area contributed by atoms with E-state index in [-0.39, 0.29) is 30.5 Å². The molecule has 16 heavy (non-hydrogen) atoms. The highest BCUT2D eigenvalue weighted by Gasteiger charge is 2.34. The van der Waals surface area contributed by atoms with Crippen molar-refractivity contribution in [2.75, 3.05) is 13.7 Å². The Balaban J connectivity index is 2.54. The standard InChI is InChI=1S/C11H17NO4/c1-8(13)5-6-10(14)12-7-3-4-9(12)11(15)16-2/h9H,3-7H2,1-2H3/t9-/m0/s1. The summed E-state index contributed by atoms with van der Waals surface area (Å²) in [7, 11) is 1.32. The first kappa shape index (κ1) is 12.7. The minimum atomic E-state index is -0.454. The van der Waals surface area contributed by atoms with Crippen LogP contribution in [0.4, 0.5) is 0 Å². The third kappa shape index (κ3) is 3.05. The minimum absolute atomic E-state index is 0.0119. The number of esters is 1. The number of rotatable bonds is 4. The molecule has 1 aliphatic heterocycles. The van der Waals surface area contributed by atoms with Crippen molar-refractivity contribution < 1.29 is 19.1 Å². The number of ether oxygens (including phenoxy) is 1. The number of hydrogen-bond donors (Lipinski definition) is 0. The second-order valence-electron chi connectivity index (χ2n) is 3.97. The summed E-state index contributed by atoms with van der Waals surface area (Å²) in [6, 6.07) is -0.454. The second kappa shape index (κ2) is 5.63. The number of Topliss-reactive ketones (excluding diaryl/α,β-unsaturated/α-hetero) is 1. The summed E-state index contributed by atoms with van der Waals surface area (Å²) in [6.07, 6.45) is 1.89. The Bertz CT molecular complexity index is 300. The molecule has 0 saturated carbocycles. The molecular formula is C11H17NO4. The lowest BCUT2D eigenvalue weighted by Gasteiger charge is -2.22. The Morgan fingerprint density at radius 3 is 2.56 bits per heavy atom. The number of ketones is 1. The minimum Gasteiger partial charge on any atom is -0.467 e. The zero-order valence-corrected chi connectivity index (χ0v) is 9.69. The van der Waals surface area contributed by atoms with Crippen LogP contribution < -0.4 is 0 Å². The summed E-state index contributed by atoms with van der Waals surface area (Å²) in [5.74, 6) is -0.515. The maximum absolute atomic E-state index is 11.7. The summed E-state index contributed by atoms with van der Waals surface area (Å²) in [5, 5.41) is 0. The second-order valence-corrected chi connectivity index (χ2v) is 3.97. The van der Waals surface area contributed by atoms with Gasteiger partial charge in [0.25, 0.3) is 0 Å². The first-order valence-corrected chi connectivity index (χ1v) is 5.43. The van der Waals surface area contributed by atoms with Gasteiger partial charge in [-0.25, -0.2) is 4.79 Å². The fraction of sp³-hybridized carbons (Fsp3) is 0.727. The molecule has 0 bridgehead atoms. The third-order valence-electron chi connectivity index (χ3n) is 2.74. The van der Waals surface area contributed by atoms with E-state index in [1.807, 2.05) is 0 Å². The van der Waals surface area contributed by atoms with Gasteiger partial charge in [-0.15, -0.1) is 0 Å². The summed E-state index contributed by atoms with van der Waals surface area (Å²) in [6.45, 7) is 2.03. The SMILES string of the molecule is COC(=O)[C@@H]1CCCN1C(=O)CCC(C)=O. The van der Waals surface area contributed by atoms with E-state index in [2.05, 4.69) is 4.74 Å². The van der Waals surface area contributed by atoms with Crippen molar-refractivity contribution in [2.45, 2.75) is 38.6 Å². The van der Waals surface area contributed by atoms with Gasteiger partial charge in [0, 0.05) is 19.4 Å². The van der Waals surface area contributed by atoms with Gasteiger partial charge < -0.3 is 14.4 Å². The van der Waals surface area contributed by atoms with Gasteiger partial charge in [0.15, 0.2) is 0 Å². The quantitative estimate of drug-likeness (QED) is 0.657. The molecule has 90 valence electrons. The number of amides is 1. The lowest BCUT2D eigenvalue weighted by atomic mass is 10.2. The lowest BCUT2D eigenvalue weighted by molar-refractivity contribution is -0.151. The molecule has 1 amide bonds. The van der Waals surface area contributed by atoms with E-state index < -0.39 is 6.04 Å². The number of nitrogens with zero attached hydrogens (tertiary/aromatic N) is 1. The molecule has 0 N–H and O–H groups in total. The average molecular weight is 227 g/mol. The average Bonchev–Trinajstić information content (AvgIpc) is 2.73. The number of likely N-dealkylation sites (tertiary alicyclic amines) is 1. The molecule has 1 rings (SSSR count). The van der Waals surface area contributed by atoms with Crippen molar-refractivity contribution in [3.05, 3.63) is 0 Å². The number of carbonyl (C=O) groups is 3. The first-order valence-electron chi connectivity index (χ1n) is 5.43. The highest BCUT2D eigenvalue weighted by atomic mass is 16.5. The monoisotopic (exact) mass is 227 g/mol. The lowest BCUT2D eigenvalue weighted by Crippen LogP contribution is -2.41. The van der Waals surface area contributed by atoms with Crippen LogP contribution in [0.2, 0.25) is 0 Å². The highest BCUT2D eigenvalue weighted by molar-refractivity contribution is 5.87. The van der Waals surface area contributed by atoms with Crippen molar-refractivity contribution in [1.29, 1.82) is 0 Å². The van der Waals surface area contributed by atoms with Crippen LogP contribution in [0.15, 0.2) is 0 Å². The van der Waals surface area contributed by atoms with Crippen molar-refractivity contribution in [2.24, 2.45) is 0 Å². The molecule has 0 aromatic heterocycles. The van der Waals surface area contributed by atoms with E-state index >= 15 is 0 Å². The topological polar surface area (TPSA) is 63.7 Å². The van der Waals surface area contributed by atoms with Crippen LogP contribution in [0.1, 0.15) is 32.6 Å². The molecule has 0 spiro atoms. The molecule has 5 nitrogen and oxygen atoms in total. The smallest absolute Gasteiger partial charge is 0.328 e. The first-order chi connectivity index (χ1) is 7.56. The number of methoxy groups -OCH3 is 1. The third-order valence-corrected chi connectivity index (χ3v) is 2.74. The normalized spacial score (nSPS) is 19.6. The van der Waals surface area contributed by atoms with Crippen LogP contribution in [0.5, 0.6) is 0 Å². The van der Waals surface area contributed by atoms with E-state index in [1.54, 1.807) is 0 Å². The van der Waals surface area contributed by atoms with Gasteiger partial charge in [-0.3, -0.25) is 4.79 Å². The molecule has 0 unspecified atom stereocenters. The summed E-state index contributed by atoms with van der Waals surface area (Å²) in [4.78, 5) is 35.4. The van der Waals surface area contributed by atoms with E-state index in [0.29, 0.717) is 13.0 Å². The van der Waals surface area contributed by atoms with Crippen LogP contribution >= 0.6 is 0 Å². The molecule has 0 aromatic rings. The van der Waals surface area contributed by atoms with E-state index in [9.17, 15) is 14.4 Å². The zero-order valence-electron chi connectivity index (χ0n) is 9.69. The fourth-order valence-electron chi connectivity index (χ4n) is 1.87. The van der Waals surface area contributed by atoms with Crippen molar-refractivity contribution in [1.82, 2.24) is 4.90 Å². The Morgan fingerprint density at radius 2 is 2.00 bits per heavy atom. The fourth-order valence-corrected chi connectivity index (χ4v) is 1.87. The molecule has 1 atom stereocenters. The number of hydrogen-bond acceptors (Lipinski definition) is 4. The summed E-state index contributed by atoms with van der Waals surface area (Å²) >= 11 is 0. The van der Waals surface area contributed by atoms with E-state index in [0.717, 1.165) is 6.42 Å². The van der Waals surface area contributed by atoms with Crippen LogP contribution in [0.25, 0.3) is 0 Å². The molecule has 1 aliphatic rings. The molecule has 1 fully saturated rings. The van der Waals surface area contributed by atoms with Gasteiger partial charge in [-0.1, -0.05) is 0 Å². The van der Waals surface area contributed by atoms with Gasteiger partial charge in [-0.2, -0.15) is 0 Å². The molecule has 0 radical (unpaired) electrons. The Kier molecular flexibility index (Phi) is 4.46. The van der Waals surface area contributed by atoms with E-state index in [1.165, 1.54) is 18.9 Å². The number of carbonyl (C=O) groups excluding carboxylic acids is 3. The van der Waals surface area contributed by atoms with Gasteiger partial charge in [0.2, 0.25) is 5.91 Å². The van der Waals surface area contributed by atoms with Gasteiger partial charge >= 0.3 is 5.97 Å². The highest BCUT2D eigenvalue weighted by Crippen LogP contribution is 2.19. The van der Waals surface area contributed by atoms with E-state index in [4.69, 9.17) is 0 Å². The van der Waals surface area contributed by atoms with Gasteiger partial charge in [0.05, 0.1) is 7.11 Å². The summed E-state index contributed by atoms with van der Waals surface area (Å²) in [5.41, 5.74) is 0. The molecule has 0 aliphatic carbocycles. The zero-order chi connectivity index (χ0) is 12.1. The molecule has 5 heteroatoms. The van der Waals surface area contributed by atoms with Crippen LogP contribution in [0.3, 0.4) is 0 Å². The predicted octanol–water partition coefficient (Wildman–Crippen LogP) is 0.520. The summed E-state index contributed by atoms with van der Waals surface area (Å²) < 4.78 is 4.64. The molecule has 1 saturated heterocycles. The largest absolute Gasteiger partial charge is 0.467 e. The van der Waals surface area contributed by atoms with Crippen LogP contribution in [-0.2, 0) is 19.1 Å². The maximum atomic E-state index is 11.7. The Hall–Kier alpha value is -1.39. The van der Waals surface area contributed by atoms with Gasteiger partial charge in [0.1, 0.15) is 11.8 Å². The van der Waals surface area contributed by atoms with Gasteiger partial charge in [-0.05, 0) is 19.8 Å². The predicted molar refractivity (Wildman–Crippen MR) is 56.7 cm³/mol. The molecule has 1 heterocycles. The van der Waals surface area contributed by atoms with Crippen molar-refractivity contribution >= 4 is 17.7 Å². The van der Waals surface area contributed by atoms with Crippen LogP contribution in [0, 0.1) is 0 Å². The van der Waals surface area contributed by atoms with Crippen molar-refractivity contribution in [3.63, 3.8) is 0 Å².